The number of aliphatic hydroxyl groups is 1. The molecule has 0 unspecified atom stereocenters. The molecular formula is C21H22N2O4S. The Bertz CT molecular complexity index is 1030. The van der Waals surface area contributed by atoms with E-state index in [-0.39, 0.29) is 16.6 Å². The van der Waals surface area contributed by atoms with Crippen LogP contribution in [-0.2, 0) is 9.84 Å². The summed E-state index contributed by atoms with van der Waals surface area (Å²) in [5.41, 5.74) is 1.72. The van der Waals surface area contributed by atoms with Gasteiger partial charge < -0.3 is 14.4 Å². The molecule has 7 heteroatoms. The predicted octanol–water partition coefficient (Wildman–Crippen LogP) is 3.68. The number of furan rings is 1. The van der Waals surface area contributed by atoms with Gasteiger partial charge in [-0.25, -0.2) is 8.42 Å². The third-order valence-corrected chi connectivity index (χ3v) is 5.87. The Morgan fingerprint density at radius 3 is 2.39 bits per heavy atom. The molecule has 1 aromatic heterocycles. The Labute approximate surface area is 164 Å². The maximum absolute atomic E-state index is 12.5. The van der Waals surface area contributed by atoms with Crippen molar-refractivity contribution in [1.82, 2.24) is 0 Å². The van der Waals surface area contributed by atoms with Crippen LogP contribution in [0.15, 0.2) is 86.1 Å². The quantitative estimate of drug-likeness (QED) is 0.585. The lowest BCUT2D eigenvalue weighted by atomic mass is 10.2. The van der Waals surface area contributed by atoms with Gasteiger partial charge in [0, 0.05) is 18.8 Å². The van der Waals surface area contributed by atoms with Gasteiger partial charge in [0.1, 0.15) is 5.76 Å². The molecule has 6 nitrogen and oxygen atoms in total. The van der Waals surface area contributed by atoms with Gasteiger partial charge in [0.15, 0.2) is 0 Å². The zero-order valence-electron chi connectivity index (χ0n) is 15.5. The van der Waals surface area contributed by atoms with Crippen LogP contribution in [0.3, 0.4) is 0 Å². The lowest BCUT2D eigenvalue weighted by molar-refractivity contribution is 0.302. The first kappa shape index (κ1) is 19.9. The van der Waals surface area contributed by atoms with Gasteiger partial charge >= 0.3 is 0 Å². The number of aliphatic imine (C=N–C) groups is 1. The van der Waals surface area contributed by atoms with Gasteiger partial charge in [0.05, 0.1) is 23.4 Å². The minimum Gasteiger partial charge on any atom is -0.443 e. The second-order valence-corrected chi connectivity index (χ2v) is 7.93. The average molecular weight is 398 g/mol. The van der Waals surface area contributed by atoms with Crippen molar-refractivity contribution < 1.29 is 17.9 Å². The first-order chi connectivity index (χ1) is 13.5. The number of likely N-dealkylation sites (N-methyl/N-ethyl adjacent to an activating group) is 1. The first-order valence-electron chi connectivity index (χ1n) is 8.94. The van der Waals surface area contributed by atoms with E-state index in [0.717, 1.165) is 12.2 Å². The third-order valence-electron chi connectivity index (χ3n) is 4.23. The van der Waals surface area contributed by atoms with Crippen LogP contribution in [0.5, 0.6) is 0 Å². The van der Waals surface area contributed by atoms with Crippen LogP contribution in [0.4, 0.5) is 11.4 Å². The number of benzene rings is 2. The van der Waals surface area contributed by atoms with Gasteiger partial charge in [-0.15, -0.1) is 0 Å². The highest BCUT2D eigenvalue weighted by atomic mass is 32.2. The average Bonchev–Trinajstić information content (AvgIpc) is 3.22. The highest BCUT2D eigenvalue weighted by Crippen LogP contribution is 2.23. The molecule has 146 valence electrons. The van der Waals surface area contributed by atoms with Gasteiger partial charge in [-0.05, 0) is 55.5 Å². The van der Waals surface area contributed by atoms with E-state index in [4.69, 9.17) is 9.52 Å². The summed E-state index contributed by atoms with van der Waals surface area (Å²) < 4.78 is 30.6. The second kappa shape index (κ2) is 8.86. The summed E-state index contributed by atoms with van der Waals surface area (Å²) in [6.45, 7) is 3.50. The summed E-state index contributed by atoms with van der Waals surface area (Å²) in [5.74, 6) is 0.356. The number of rotatable bonds is 8. The molecule has 0 radical (unpaired) electrons. The van der Waals surface area contributed by atoms with Crippen LogP contribution in [0.2, 0.25) is 0 Å². The summed E-state index contributed by atoms with van der Waals surface area (Å²) in [7, 11) is -3.68. The molecule has 0 bridgehead atoms. The summed E-state index contributed by atoms with van der Waals surface area (Å²) >= 11 is 0. The molecule has 3 rings (SSSR count). The minimum atomic E-state index is -3.68. The van der Waals surface area contributed by atoms with E-state index in [1.165, 1.54) is 24.4 Å². The Morgan fingerprint density at radius 2 is 1.75 bits per heavy atom. The maximum Gasteiger partial charge on any atom is 0.239 e. The molecule has 0 aliphatic rings. The first-order valence-corrected chi connectivity index (χ1v) is 10.4. The highest BCUT2D eigenvalue weighted by Gasteiger charge is 2.21. The predicted molar refractivity (Wildman–Crippen MR) is 109 cm³/mol. The van der Waals surface area contributed by atoms with Crippen molar-refractivity contribution in [3.63, 3.8) is 0 Å². The van der Waals surface area contributed by atoms with E-state index in [9.17, 15) is 8.42 Å². The zero-order valence-corrected chi connectivity index (χ0v) is 16.3. The van der Waals surface area contributed by atoms with Gasteiger partial charge in [-0.3, -0.25) is 4.99 Å². The fourth-order valence-electron chi connectivity index (χ4n) is 2.74. The van der Waals surface area contributed by atoms with Crippen molar-refractivity contribution in [3.8, 4) is 0 Å². The Balaban J connectivity index is 1.74. The van der Waals surface area contributed by atoms with Crippen LogP contribution in [-0.4, -0.2) is 39.4 Å². The van der Waals surface area contributed by atoms with Crippen molar-refractivity contribution in [2.45, 2.75) is 16.9 Å². The summed E-state index contributed by atoms with van der Waals surface area (Å²) in [6.07, 6.45) is 1.49. The SMILES string of the molecule is CCN(CCO)c1ccc(N=Cc2ccc(S(=O)(=O)c3ccccc3)o2)cc1. The van der Waals surface area contributed by atoms with E-state index in [0.29, 0.717) is 18.0 Å². The molecule has 0 spiro atoms. The summed E-state index contributed by atoms with van der Waals surface area (Å²) in [6, 6.07) is 18.7. The smallest absolute Gasteiger partial charge is 0.239 e. The molecule has 1 heterocycles. The van der Waals surface area contributed by atoms with Gasteiger partial charge in [0.25, 0.3) is 0 Å². The lowest BCUT2D eigenvalue weighted by Crippen LogP contribution is -2.25. The fraction of sp³-hybridized carbons (Fsp3) is 0.190. The van der Waals surface area contributed by atoms with E-state index in [2.05, 4.69) is 9.89 Å². The molecule has 0 amide bonds. The highest BCUT2D eigenvalue weighted by molar-refractivity contribution is 7.91. The molecule has 28 heavy (non-hydrogen) atoms. The van der Waals surface area contributed by atoms with Gasteiger partial charge in [0.2, 0.25) is 14.9 Å². The normalized spacial score (nSPS) is 11.8. The molecular weight excluding hydrogens is 376 g/mol. The topological polar surface area (TPSA) is 83.1 Å². The molecule has 2 aromatic carbocycles. The van der Waals surface area contributed by atoms with Crippen LogP contribution in [0.1, 0.15) is 12.7 Å². The zero-order chi connectivity index (χ0) is 20.0. The van der Waals surface area contributed by atoms with Gasteiger partial charge in [-0.2, -0.15) is 0 Å². The Hall–Kier alpha value is -2.90. The van der Waals surface area contributed by atoms with Crippen molar-refractivity contribution in [2.24, 2.45) is 4.99 Å². The van der Waals surface area contributed by atoms with Crippen LogP contribution in [0, 0.1) is 0 Å². The van der Waals surface area contributed by atoms with Crippen LogP contribution < -0.4 is 4.90 Å². The molecule has 1 N–H and O–H groups in total. The van der Waals surface area contributed by atoms with Crippen molar-refractivity contribution in [3.05, 3.63) is 72.5 Å². The van der Waals surface area contributed by atoms with Crippen LogP contribution in [0.25, 0.3) is 0 Å². The van der Waals surface area contributed by atoms with Crippen LogP contribution >= 0.6 is 0 Å². The molecule has 0 atom stereocenters. The third kappa shape index (κ3) is 4.49. The molecule has 0 saturated carbocycles. The largest absolute Gasteiger partial charge is 0.443 e. The van der Waals surface area contributed by atoms with E-state index >= 15 is 0 Å². The van der Waals surface area contributed by atoms with E-state index < -0.39 is 9.84 Å². The lowest BCUT2D eigenvalue weighted by Gasteiger charge is -2.21. The Morgan fingerprint density at radius 1 is 1.04 bits per heavy atom. The molecule has 0 aliphatic carbocycles. The Kier molecular flexibility index (Phi) is 6.28. The maximum atomic E-state index is 12.5. The number of hydrogen-bond donors (Lipinski definition) is 1. The summed E-state index contributed by atoms with van der Waals surface area (Å²) in [5, 5.41) is 8.99. The number of anilines is 1. The standard InChI is InChI=1S/C21H22N2O4S/c1-2-23(14-15-24)18-10-8-17(9-11-18)22-16-19-12-13-21(27-19)28(25,26)20-6-4-3-5-7-20/h3-13,16,24H,2,14-15H2,1H3. The van der Waals surface area contributed by atoms with Crippen molar-refractivity contribution in [1.29, 1.82) is 0 Å². The fourth-order valence-corrected chi connectivity index (χ4v) is 3.94. The molecule has 0 saturated heterocycles. The molecule has 3 aromatic rings. The number of nitrogens with zero attached hydrogens (tertiary/aromatic N) is 2. The number of sulfone groups is 1. The number of aliphatic hydroxyl groups excluding tert-OH is 1. The molecule has 0 aliphatic heterocycles. The van der Waals surface area contributed by atoms with E-state index in [1.54, 1.807) is 24.3 Å². The molecule has 0 fully saturated rings. The van der Waals surface area contributed by atoms with Gasteiger partial charge in [-0.1, -0.05) is 18.2 Å². The van der Waals surface area contributed by atoms with Crippen molar-refractivity contribution >= 4 is 27.4 Å². The van der Waals surface area contributed by atoms with E-state index in [1.807, 2.05) is 31.2 Å². The minimum absolute atomic E-state index is 0.0977. The monoisotopic (exact) mass is 398 g/mol. The second-order valence-electron chi connectivity index (χ2n) is 6.05. The number of hydrogen-bond acceptors (Lipinski definition) is 6. The summed E-state index contributed by atoms with van der Waals surface area (Å²) in [4.78, 5) is 6.58. The van der Waals surface area contributed by atoms with Crippen molar-refractivity contribution in [2.75, 3.05) is 24.6 Å².